The van der Waals surface area contributed by atoms with Crippen molar-refractivity contribution < 1.29 is 35.9 Å². The van der Waals surface area contributed by atoms with E-state index in [1.807, 2.05) is 4.90 Å². The topological polar surface area (TPSA) is 126 Å². The molecule has 0 saturated carbocycles. The summed E-state index contributed by atoms with van der Waals surface area (Å²) in [5.74, 6) is 0.311. The van der Waals surface area contributed by atoms with Crippen molar-refractivity contribution in [2.75, 3.05) is 32.4 Å². The molecule has 5 rings (SSSR count). The first-order chi connectivity index (χ1) is 18.4. The minimum absolute atomic E-state index is 0.0664. The molecule has 0 aliphatic carbocycles. The monoisotopic (exact) mass is 565 g/mol. The Morgan fingerprint density at radius 3 is 2.31 bits per heavy atom. The summed E-state index contributed by atoms with van der Waals surface area (Å²) in [5, 5.41) is 10.6. The molecule has 2 aliphatic heterocycles. The molecule has 14 heteroatoms. The van der Waals surface area contributed by atoms with Crippen LogP contribution in [0, 0.1) is 11.8 Å². The standard InChI is InChI=1S/C25H26F3N5O5S/c1-39(36,37)20-9-15(8-19(11-20)25(26,27)28)14-38-24(35)32-6-4-17-12-33(13-18(17)5-7-32)23(34)16-2-3-21-22(10-16)30-31-29-21/h2-3,8-11,17-18H,4-7,12-14H2,1H3,(H,29,30,31). The largest absolute Gasteiger partial charge is 0.445 e. The van der Waals surface area contributed by atoms with Gasteiger partial charge in [0.15, 0.2) is 9.84 Å². The molecule has 0 radical (unpaired) electrons. The molecule has 0 bridgehead atoms. The number of alkyl halides is 3. The fourth-order valence-corrected chi connectivity index (χ4v) is 5.92. The summed E-state index contributed by atoms with van der Waals surface area (Å²) in [6.45, 7) is 1.38. The van der Waals surface area contributed by atoms with E-state index in [2.05, 4.69) is 15.4 Å². The molecule has 2 aliphatic rings. The predicted octanol–water partition coefficient (Wildman–Crippen LogP) is 3.50. The highest BCUT2D eigenvalue weighted by Crippen LogP contribution is 2.34. The van der Waals surface area contributed by atoms with Gasteiger partial charge in [-0.05, 0) is 66.6 Å². The molecule has 2 aromatic carbocycles. The molecule has 1 aromatic heterocycles. The number of carbonyl (C=O) groups is 2. The number of hydrogen-bond acceptors (Lipinski definition) is 7. The van der Waals surface area contributed by atoms with Gasteiger partial charge in [-0.15, -0.1) is 0 Å². The molecular weight excluding hydrogens is 539 g/mol. The van der Waals surface area contributed by atoms with Gasteiger partial charge in [0.1, 0.15) is 17.6 Å². The molecule has 2 saturated heterocycles. The van der Waals surface area contributed by atoms with Crippen LogP contribution in [0.5, 0.6) is 0 Å². The van der Waals surface area contributed by atoms with E-state index in [1.54, 1.807) is 18.2 Å². The van der Waals surface area contributed by atoms with E-state index in [4.69, 9.17) is 4.74 Å². The molecule has 3 heterocycles. The lowest BCUT2D eigenvalue weighted by atomic mass is 9.92. The van der Waals surface area contributed by atoms with Gasteiger partial charge >= 0.3 is 12.3 Å². The van der Waals surface area contributed by atoms with Crippen LogP contribution in [0.4, 0.5) is 18.0 Å². The van der Waals surface area contributed by atoms with Gasteiger partial charge in [-0.2, -0.15) is 28.6 Å². The Labute approximate surface area is 222 Å². The summed E-state index contributed by atoms with van der Waals surface area (Å²) < 4.78 is 68.8. The van der Waals surface area contributed by atoms with Crippen LogP contribution in [0.15, 0.2) is 41.3 Å². The van der Waals surface area contributed by atoms with Crippen molar-refractivity contribution in [1.29, 1.82) is 0 Å². The fourth-order valence-electron chi connectivity index (χ4n) is 5.21. The predicted molar refractivity (Wildman–Crippen MR) is 132 cm³/mol. The van der Waals surface area contributed by atoms with Gasteiger partial charge < -0.3 is 14.5 Å². The highest BCUT2D eigenvalue weighted by atomic mass is 32.2. The van der Waals surface area contributed by atoms with E-state index >= 15 is 0 Å². The molecule has 2 atom stereocenters. The number of nitrogens with zero attached hydrogens (tertiary/aromatic N) is 4. The summed E-state index contributed by atoms with van der Waals surface area (Å²) in [6, 6.07) is 7.59. The summed E-state index contributed by atoms with van der Waals surface area (Å²) in [4.78, 5) is 28.6. The first kappa shape index (κ1) is 26.9. The van der Waals surface area contributed by atoms with Crippen molar-refractivity contribution in [3.8, 4) is 0 Å². The van der Waals surface area contributed by atoms with Crippen molar-refractivity contribution in [3.63, 3.8) is 0 Å². The van der Waals surface area contributed by atoms with Crippen molar-refractivity contribution in [1.82, 2.24) is 25.2 Å². The number of carbonyl (C=O) groups excluding carboxylic acids is 2. The quantitative estimate of drug-likeness (QED) is 0.513. The highest BCUT2D eigenvalue weighted by molar-refractivity contribution is 7.90. The number of aromatic nitrogens is 3. The maximum absolute atomic E-state index is 13.3. The minimum Gasteiger partial charge on any atom is -0.445 e. The number of rotatable bonds is 4. The molecule has 0 spiro atoms. The van der Waals surface area contributed by atoms with Crippen LogP contribution >= 0.6 is 0 Å². The van der Waals surface area contributed by atoms with Crippen LogP contribution in [0.25, 0.3) is 11.0 Å². The smallest absolute Gasteiger partial charge is 0.416 e. The molecule has 3 aromatic rings. The van der Waals surface area contributed by atoms with E-state index in [9.17, 15) is 31.2 Å². The lowest BCUT2D eigenvalue weighted by Gasteiger charge is -2.22. The SMILES string of the molecule is CS(=O)(=O)c1cc(COC(=O)N2CCC3CN(C(=O)c4ccc5n[nH]nc5c4)CC3CC2)cc(C(F)(F)F)c1. The highest BCUT2D eigenvalue weighted by Gasteiger charge is 2.38. The van der Waals surface area contributed by atoms with Gasteiger partial charge in [-0.25, -0.2) is 13.2 Å². The van der Waals surface area contributed by atoms with Crippen LogP contribution in [0.3, 0.4) is 0 Å². The number of hydrogen-bond donors (Lipinski definition) is 1. The first-order valence-electron chi connectivity index (χ1n) is 12.3. The van der Waals surface area contributed by atoms with Crippen molar-refractivity contribution in [2.24, 2.45) is 11.8 Å². The minimum atomic E-state index is -4.75. The van der Waals surface area contributed by atoms with E-state index in [1.165, 1.54) is 4.90 Å². The molecule has 1 N–H and O–H groups in total. The van der Waals surface area contributed by atoms with Crippen LogP contribution in [-0.2, 0) is 27.4 Å². The van der Waals surface area contributed by atoms with Crippen molar-refractivity contribution in [2.45, 2.75) is 30.5 Å². The maximum atomic E-state index is 13.3. The second-order valence-electron chi connectivity index (χ2n) is 10.0. The zero-order valence-corrected chi connectivity index (χ0v) is 21.8. The maximum Gasteiger partial charge on any atom is 0.416 e. The van der Waals surface area contributed by atoms with Crippen molar-refractivity contribution >= 4 is 32.9 Å². The number of sulfone groups is 1. The number of H-pyrrole nitrogens is 1. The molecule has 10 nitrogen and oxygen atoms in total. The summed E-state index contributed by atoms with van der Waals surface area (Å²) in [7, 11) is -3.90. The number of nitrogens with one attached hydrogen (secondary N) is 1. The van der Waals surface area contributed by atoms with Gasteiger partial charge in [0.2, 0.25) is 0 Å². The third-order valence-corrected chi connectivity index (χ3v) is 8.40. The van der Waals surface area contributed by atoms with E-state index in [0.717, 1.165) is 18.4 Å². The summed E-state index contributed by atoms with van der Waals surface area (Å²) in [5.41, 5.74) is 0.629. The number of fused-ring (bicyclic) bond motifs is 2. The number of benzene rings is 2. The Morgan fingerprint density at radius 1 is 1.00 bits per heavy atom. The Hall–Kier alpha value is -3.68. The van der Waals surface area contributed by atoms with Gasteiger partial charge in [0.25, 0.3) is 5.91 Å². The van der Waals surface area contributed by atoms with Crippen LogP contribution < -0.4 is 0 Å². The second kappa shape index (κ2) is 10.1. The van der Waals surface area contributed by atoms with Gasteiger partial charge in [-0.3, -0.25) is 4.79 Å². The Morgan fingerprint density at radius 2 is 1.67 bits per heavy atom. The molecule has 39 heavy (non-hydrogen) atoms. The third kappa shape index (κ3) is 5.84. The zero-order valence-electron chi connectivity index (χ0n) is 20.9. The Bertz CT molecular complexity index is 1510. The normalized spacial score (nSPS) is 20.1. The molecule has 2 amide bonds. The third-order valence-electron chi connectivity index (χ3n) is 7.31. The average Bonchev–Trinajstić information content (AvgIpc) is 3.47. The Balaban J connectivity index is 1.18. The van der Waals surface area contributed by atoms with Crippen LogP contribution in [0.1, 0.15) is 34.3 Å². The van der Waals surface area contributed by atoms with Crippen LogP contribution in [0.2, 0.25) is 0 Å². The number of aromatic amines is 1. The lowest BCUT2D eigenvalue weighted by molar-refractivity contribution is -0.137. The zero-order chi connectivity index (χ0) is 27.9. The number of amides is 2. The Kier molecular flexibility index (Phi) is 6.99. The lowest BCUT2D eigenvalue weighted by Crippen LogP contribution is -2.34. The fraction of sp³-hybridized carbons (Fsp3) is 0.440. The number of likely N-dealkylation sites (tertiary alicyclic amines) is 2. The molecule has 2 unspecified atom stereocenters. The number of halogens is 3. The second-order valence-corrected chi connectivity index (χ2v) is 12.0. The molecule has 2 fully saturated rings. The van der Waals surface area contributed by atoms with E-state index in [-0.39, 0.29) is 23.3 Å². The van der Waals surface area contributed by atoms with Gasteiger partial charge in [0, 0.05) is 38.0 Å². The molecular formula is C25H26F3N5O5S. The number of ether oxygens (including phenoxy) is 1. The van der Waals surface area contributed by atoms with Crippen molar-refractivity contribution in [3.05, 3.63) is 53.1 Å². The van der Waals surface area contributed by atoms with Crippen LogP contribution in [-0.4, -0.2) is 78.1 Å². The van der Waals surface area contributed by atoms with E-state index in [0.29, 0.717) is 61.7 Å². The van der Waals surface area contributed by atoms with Gasteiger partial charge in [0.05, 0.1) is 10.5 Å². The first-order valence-corrected chi connectivity index (χ1v) is 14.2. The summed E-state index contributed by atoms with van der Waals surface area (Å²) in [6.07, 6.45) is -3.32. The van der Waals surface area contributed by atoms with E-state index < -0.39 is 39.2 Å². The van der Waals surface area contributed by atoms with Gasteiger partial charge in [-0.1, -0.05) is 0 Å². The summed E-state index contributed by atoms with van der Waals surface area (Å²) >= 11 is 0. The average molecular weight is 566 g/mol. The molecule has 208 valence electrons.